The van der Waals surface area contributed by atoms with Crippen LogP contribution in [-0.4, -0.2) is 26.5 Å². The molecule has 0 fully saturated rings. The summed E-state index contributed by atoms with van der Waals surface area (Å²) in [6.45, 7) is 4.22. The molecule has 43 heavy (non-hydrogen) atoms. The van der Waals surface area contributed by atoms with Crippen LogP contribution in [-0.2, 0) is 17.6 Å². The molecule has 0 saturated carbocycles. The quantitative estimate of drug-likeness (QED) is 0.193. The summed E-state index contributed by atoms with van der Waals surface area (Å²) in [5.41, 5.74) is 3.59. The number of H-pyrrole nitrogens is 1. The monoisotopic (exact) mass is 587 g/mol. The van der Waals surface area contributed by atoms with Crippen molar-refractivity contribution in [1.82, 2.24) is 14.8 Å². The van der Waals surface area contributed by atoms with Crippen molar-refractivity contribution >= 4 is 21.4 Å². The second kappa shape index (κ2) is 10.7. The van der Waals surface area contributed by atoms with Crippen molar-refractivity contribution < 1.29 is 9.84 Å². The minimum absolute atomic E-state index is 0.204. The Balaban J connectivity index is 1.49. The smallest absolute Gasteiger partial charge is 0.266 e. The first-order valence-corrected chi connectivity index (χ1v) is 15.6. The molecule has 6 aromatic rings. The number of aliphatic hydroxyl groups is 1. The van der Waals surface area contributed by atoms with Gasteiger partial charge in [-0.3, -0.25) is 9.48 Å². The van der Waals surface area contributed by atoms with E-state index in [9.17, 15) is 9.90 Å². The maximum Gasteiger partial charge on any atom is 0.266 e. The number of aryl methyl sites for hydroxylation is 1. The molecule has 3 aromatic carbocycles. The van der Waals surface area contributed by atoms with Gasteiger partial charge in [-0.2, -0.15) is 5.10 Å². The molecular formula is C36H33N3O3S. The zero-order valence-electron chi connectivity index (χ0n) is 24.2. The van der Waals surface area contributed by atoms with Crippen molar-refractivity contribution in [2.75, 3.05) is 6.61 Å². The van der Waals surface area contributed by atoms with Crippen LogP contribution in [0.4, 0.5) is 0 Å². The maximum absolute atomic E-state index is 13.5. The van der Waals surface area contributed by atoms with Gasteiger partial charge in [-0.1, -0.05) is 97.9 Å². The predicted octanol–water partition coefficient (Wildman–Crippen LogP) is 7.24. The number of pyridine rings is 1. The summed E-state index contributed by atoms with van der Waals surface area (Å²) in [4.78, 5) is 17.4. The Morgan fingerprint density at radius 3 is 2.09 bits per heavy atom. The van der Waals surface area contributed by atoms with Gasteiger partial charge in [-0.25, -0.2) is 0 Å². The van der Waals surface area contributed by atoms with Crippen molar-refractivity contribution in [3.8, 4) is 16.2 Å². The first-order valence-electron chi connectivity index (χ1n) is 14.7. The Hall–Kier alpha value is -4.46. The topological polar surface area (TPSA) is 80.1 Å². The highest BCUT2D eigenvalue weighted by Crippen LogP contribution is 2.48. The van der Waals surface area contributed by atoms with Crippen LogP contribution in [0.5, 0.6) is 5.75 Å². The molecule has 6 nitrogen and oxygen atoms in total. The van der Waals surface area contributed by atoms with E-state index in [-0.39, 0.29) is 5.56 Å². The number of rotatable bonds is 7. The second-order valence-corrected chi connectivity index (χ2v) is 12.4. The lowest BCUT2D eigenvalue weighted by Gasteiger charge is -2.36. The first kappa shape index (κ1) is 27.4. The largest absolute Gasteiger partial charge is 0.491 e. The van der Waals surface area contributed by atoms with Gasteiger partial charge < -0.3 is 14.8 Å². The van der Waals surface area contributed by atoms with E-state index in [1.165, 1.54) is 11.3 Å². The molecule has 1 aliphatic rings. The van der Waals surface area contributed by atoms with E-state index in [0.717, 1.165) is 50.9 Å². The zero-order chi connectivity index (χ0) is 29.6. The molecule has 4 heterocycles. The molecule has 3 aromatic heterocycles. The summed E-state index contributed by atoms with van der Waals surface area (Å²) in [5.74, 6) is 0.705. The Morgan fingerprint density at radius 1 is 0.953 bits per heavy atom. The zero-order valence-corrected chi connectivity index (χ0v) is 25.0. The van der Waals surface area contributed by atoms with E-state index >= 15 is 0 Å². The highest BCUT2D eigenvalue weighted by molar-refractivity contribution is 7.22. The van der Waals surface area contributed by atoms with E-state index in [0.29, 0.717) is 29.2 Å². The van der Waals surface area contributed by atoms with Crippen molar-refractivity contribution in [3.05, 3.63) is 142 Å². The van der Waals surface area contributed by atoms with E-state index in [2.05, 4.69) is 84.0 Å². The third-order valence-electron chi connectivity index (χ3n) is 8.72. The molecule has 0 aliphatic carbocycles. The minimum atomic E-state index is -1.14. The molecule has 0 radical (unpaired) electrons. The van der Waals surface area contributed by atoms with Gasteiger partial charge in [0.2, 0.25) is 0 Å². The van der Waals surface area contributed by atoms with Crippen LogP contribution >= 0.6 is 11.3 Å². The summed E-state index contributed by atoms with van der Waals surface area (Å²) in [6, 6.07) is 31.3. The van der Waals surface area contributed by atoms with Gasteiger partial charge in [0, 0.05) is 17.1 Å². The molecular weight excluding hydrogens is 554 g/mol. The fraction of sp³-hybridized carbons (Fsp3) is 0.222. The number of hydrogen-bond acceptors (Lipinski definition) is 5. The van der Waals surface area contributed by atoms with Gasteiger partial charge in [0.15, 0.2) is 0 Å². The van der Waals surface area contributed by atoms with Crippen molar-refractivity contribution in [2.45, 2.75) is 44.2 Å². The molecule has 1 aliphatic heterocycles. The standard InChI is InChI=1S/C36H33N3O3S/c1-3-35(2,41)33-28-20-13-21-42-30-29(28)32(34(40)38-33)43-31(30)24-22-37-39(23-24)36(25-14-7-4-8-15-25,26-16-9-5-10-17-26)27-18-11-6-12-19-27/h4-12,14-19,22-23,41H,3,13,20-21H2,1-2H3,(H,38,40). The van der Waals surface area contributed by atoms with Crippen LogP contribution in [0.25, 0.3) is 20.5 Å². The van der Waals surface area contributed by atoms with Gasteiger partial charge in [-0.05, 0) is 48.4 Å². The van der Waals surface area contributed by atoms with Gasteiger partial charge in [0.05, 0.1) is 23.4 Å². The number of nitrogens with one attached hydrogen (secondary N) is 1. The maximum atomic E-state index is 13.5. The van der Waals surface area contributed by atoms with Crippen LogP contribution in [0.3, 0.4) is 0 Å². The van der Waals surface area contributed by atoms with Crippen molar-refractivity contribution in [3.63, 3.8) is 0 Å². The second-order valence-electron chi connectivity index (χ2n) is 11.3. The lowest BCUT2D eigenvalue weighted by Crippen LogP contribution is -2.38. The lowest BCUT2D eigenvalue weighted by atomic mass is 9.77. The Labute approximate surface area is 254 Å². The molecule has 1 atom stereocenters. The van der Waals surface area contributed by atoms with Gasteiger partial charge in [0.1, 0.15) is 21.6 Å². The number of aromatic nitrogens is 3. The SMILES string of the molecule is CCC(C)(O)c1[nH]c(=O)c2sc(-c3cnn(C(c4ccccc4)(c4ccccc4)c4ccccc4)c3)c3c2c1CCCO3. The Bertz CT molecular complexity index is 1860. The Morgan fingerprint density at radius 2 is 1.53 bits per heavy atom. The number of thiophene rings is 1. The summed E-state index contributed by atoms with van der Waals surface area (Å²) in [5, 5.41) is 17.1. The fourth-order valence-electron chi connectivity index (χ4n) is 6.42. The summed E-state index contributed by atoms with van der Waals surface area (Å²) in [6.07, 6.45) is 5.95. The molecule has 1 unspecified atom stereocenters. The number of aromatic amines is 1. The predicted molar refractivity (Wildman–Crippen MR) is 172 cm³/mol. The van der Waals surface area contributed by atoms with Gasteiger partial charge in [-0.15, -0.1) is 11.3 Å². The summed E-state index contributed by atoms with van der Waals surface area (Å²) in [7, 11) is 0. The van der Waals surface area contributed by atoms with Crippen LogP contribution in [0.1, 0.15) is 54.6 Å². The number of hydrogen-bond donors (Lipinski definition) is 2. The van der Waals surface area contributed by atoms with Crippen LogP contribution < -0.4 is 10.3 Å². The van der Waals surface area contributed by atoms with Crippen molar-refractivity contribution in [1.29, 1.82) is 0 Å². The van der Waals surface area contributed by atoms with E-state index in [1.807, 2.05) is 36.0 Å². The summed E-state index contributed by atoms with van der Waals surface area (Å²) >= 11 is 1.43. The first-order chi connectivity index (χ1) is 20.9. The average molecular weight is 588 g/mol. The van der Waals surface area contributed by atoms with E-state index < -0.39 is 11.1 Å². The third-order valence-corrected chi connectivity index (χ3v) is 9.94. The van der Waals surface area contributed by atoms with Crippen molar-refractivity contribution in [2.24, 2.45) is 0 Å². The van der Waals surface area contributed by atoms with E-state index in [4.69, 9.17) is 9.84 Å². The minimum Gasteiger partial charge on any atom is -0.491 e. The van der Waals surface area contributed by atoms with Crippen LogP contribution in [0, 0.1) is 0 Å². The fourth-order valence-corrected chi connectivity index (χ4v) is 7.56. The lowest BCUT2D eigenvalue weighted by molar-refractivity contribution is 0.0475. The highest BCUT2D eigenvalue weighted by atomic mass is 32.1. The van der Waals surface area contributed by atoms with Gasteiger partial charge >= 0.3 is 0 Å². The third kappa shape index (κ3) is 4.34. The van der Waals surface area contributed by atoms with Gasteiger partial charge in [0.25, 0.3) is 5.56 Å². The highest BCUT2D eigenvalue weighted by Gasteiger charge is 2.40. The molecule has 0 saturated heterocycles. The van der Waals surface area contributed by atoms with Crippen LogP contribution in [0.15, 0.2) is 108 Å². The molecule has 0 spiro atoms. The number of nitrogens with zero attached hydrogens (tertiary/aromatic N) is 2. The number of ether oxygens (including phenoxy) is 1. The normalized spacial score (nSPS) is 14.7. The summed E-state index contributed by atoms with van der Waals surface area (Å²) < 4.78 is 9.04. The molecule has 0 amide bonds. The molecule has 216 valence electrons. The molecule has 7 rings (SSSR count). The average Bonchev–Trinajstić information content (AvgIpc) is 3.62. The van der Waals surface area contributed by atoms with Crippen LogP contribution in [0.2, 0.25) is 0 Å². The van der Waals surface area contributed by atoms with E-state index in [1.54, 1.807) is 6.92 Å². The molecule has 2 N–H and O–H groups in total. The number of benzene rings is 3. The molecule has 0 bridgehead atoms. The molecule has 7 heteroatoms. The Kier molecular flexibility index (Phi) is 6.79.